The number of aromatic nitrogens is 1. The van der Waals surface area contributed by atoms with Gasteiger partial charge in [-0.15, -0.1) is 0 Å². The van der Waals surface area contributed by atoms with Gasteiger partial charge in [0.15, 0.2) is 0 Å². The molecule has 0 radical (unpaired) electrons. The van der Waals surface area contributed by atoms with Crippen LogP contribution < -0.4 is 20.7 Å². The molecule has 1 aliphatic rings. The third-order valence-corrected chi connectivity index (χ3v) is 5.09. The Bertz CT molecular complexity index is 847. The fourth-order valence-electron chi connectivity index (χ4n) is 3.40. The number of hydrogen-bond donors (Lipinski definition) is 3. The normalized spacial score (nSPS) is 14.2. The Hall–Kier alpha value is -3.35. The first-order valence-electron chi connectivity index (χ1n) is 10.8. The molecule has 31 heavy (non-hydrogen) atoms. The minimum Gasteiger partial charge on any atom is -0.489 e. The highest BCUT2D eigenvalue weighted by Gasteiger charge is 2.14. The van der Waals surface area contributed by atoms with E-state index in [-0.39, 0.29) is 18.0 Å². The number of pyridine rings is 1. The van der Waals surface area contributed by atoms with Crippen LogP contribution in [0, 0.1) is 0 Å². The standard InChI is InChI=1S/C24H30N4O3/c29-23(26-15-16-27-24(30)28-21-6-2-1-3-7-21)13-10-19-8-11-22(12-9-19)31-18-20-5-4-14-25-17-20/h4-5,8-14,17,21H,1-3,6-7,15-16,18H2,(H,26,29)(H2,27,28,30)/b13-10+. The maximum atomic E-state index is 11.9. The maximum Gasteiger partial charge on any atom is 0.315 e. The van der Waals surface area contributed by atoms with Crippen LogP contribution in [0.5, 0.6) is 5.75 Å². The van der Waals surface area contributed by atoms with Crippen molar-refractivity contribution in [2.45, 2.75) is 44.8 Å². The second kappa shape index (κ2) is 12.4. The molecular weight excluding hydrogens is 392 g/mol. The summed E-state index contributed by atoms with van der Waals surface area (Å²) in [7, 11) is 0. The van der Waals surface area contributed by atoms with Gasteiger partial charge in [0.2, 0.25) is 5.91 Å². The lowest BCUT2D eigenvalue weighted by atomic mass is 9.96. The smallest absolute Gasteiger partial charge is 0.315 e. The van der Waals surface area contributed by atoms with Gasteiger partial charge in [0.25, 0.3) is 0 Å². The van der Waals surface area contributed by atoms with Crippen molar-refractivity contribution < 1.29 is 14.3 Å². The second-order valence-corrected chi connectivity index (χ2v) is 7.58. The summed E-state index contributed by atoms with van der Waals surface area (Å²) in [4.78, 5) is 27.9. The Morgan fingerprint density at radius 1 is 1.03 bits per heavy atom. The Morgan fingerprint density at radius 2 is 1.81 bits per heavy atom. The topological polar surface area (TPSA) is 92.3 Å². The van der Waals surface area contributed by atoms with Crippen LogP contribution >= 0.6 is 0 Å². The Morgan fingerprint density at radius 3 is 2.55 bits per heavy atom. The van der Waals surface area contributed by atoms with E-state index in [2.05, 4.69) is 20.9 Å². The van der Waals surface area contributed by atoms with Gasteiger partial charge < -0.3 is 20.7 Å². The van der Waals surface area contributed by atoms with Crippen molar-refractivity contribution in [1.82, 2.24) is 20.9 Å². The van der Waals surface area contributed by atoms with Gasteiger partial charge in [-0.25, -0.2) is 4.79 Å². The molecule has 1 aromatic heterocycles. The van der Waals surface area contributed by atoms with Gasteiger partial charge in [0, 0.05) is 43.2 Å². The lowest BCUT2D eigenvalue weighted by molar-refractivity contribution is -0.116. The predicted molar refractivity (Wildman–Crippen MR) is 120 cm³/mol. The highest BCUT2D eigenvalue weighted by Crippen LogP contribution is 2.17. The average molecular weight is 423 g/mol. The van der Waals surface area contributed by atoms with Gasteiger partial charge in [-0.3, -0.25) is 9.78 Å². The number of urea groups is 1. The summed E-state index contributed by atoms with van der Waals surface area (Å²) in [6, 6.07) is 11.5. The molecule has 0 atom stereocenters. The lowest BCUT2D eigenvalue weighted by Crippen LogP contribution is -2.45. The molecular formula is C24H30N4O3. The molecule has 1 aromatic carbocycles. The van der Waals surface area contributed by atoms with E-state index in [9.17, 15) is 9.59 Å². The summed E-state index contributed by atoms with van der Waals surface area (Å²) in [6.45, 7) is 1.22. The van der Waals surface area contributed by atoms with Crippen LogP contribution in [0.1, 0.15) is 43.2 Å². The van der Waals surface area contributed by atoms with Crippen molar-refractivity contribution >= 4 is 18.0 Å². The quantitative estimate of drug-likeness (QED) is 0.426. The summed E-state index contributed by atoms with van der Waals surface area (Å²) < 4.78 is 5.72. The molecule has 3 amide bonds. The summed E-state index contributed by atoms with van der Waals surface area (Å²) in [5, 5.41) is 8.53. The fraction of sp³-hybridized carbons (Fsp3) is 0.375. The van der Waals surface area contributed by atoms with Gasteiger partial charge >= 0.3 is 6.03 Å². The molecule has 1 heterocycles. The summed E-state index contributed by atoms with van der Waals surface area (Å²) in [5.74, 6) is 0.550. The van der Waals surface area contributed by atoms with Crippen LogP contribution in [0.4, 0.5) is 4.79 Å². The number of benzene rings is 1. The fourth-order valence-corrected chi connectivity index (χ4v) is 3.40. The highest BCUT2D eigenvalue weighted by atomic mass is 16.5. The van der Waals surface area contributed by atoms with Gasteiger partial charge in [-0.2, -0.15) is 0 Å². The van der Waals surface area contributed by atoms with E-state index in [1.807, 2.05) is 36.4 Å². The van der Waals surface area contributed by atoms with Gasteiger partial charge in [0.1, 0.15) is 12.4 Å². The van der Waals surface area contributed by atoms with E-state index in [1.54, 1.807) is 18.5 Å². The first kappa shape index (κ1) is 22.3. The first-order valence-corrected chi connectivity index (χ1v) is 10.8. The summed E-state index contributed by atoms with van der Waals surface area (Å²) in [6.07, 6.45) is 12.4. The SMILES string of the molecule is O=C(/C=C/c1ccc(OCc2cccnc2)cc1)NCCNC(=O)NC1CCCCC1. The van der Waals surface area contributed by atoms with E-state index in [4.69, 9.17) is 4.74 Å². The third-order valence-electron chi connectivity index (χ3n) is 5.09. The van der Waals surface area contributed by atoms with Crippen molar-refractivity contribution in [3.8, 4) is 5.75 Å². The molecule has 1 aliphatic carbocycles. The van der Waals surface area contributed by atoms with Gasteiger partial charge in [-0.1, -0.05) is 37.5 Å². The lowest BCUT2D eigenvalue weighted by Gasteiger charge is -2.22. The van der Waals surface area contributed by atoms with Crippen LogP contribution in [0.2, 0.25) is 0 Å². The number of hydrogen-bond acceptors (Lipinski definition) is 4. The Balaban J connectivity index is 1.30. The molecule has 0 saturated heterocycles. The molecule has 3 rings (SSSR count). The predicted octanol–water partition coefficient (Wildman–Crippen LogP) is 3.42. The minimum atomic E-state index is -0.202. The first-order chi connectivity index (χ1) is 15.2. The van der Waals surface area contributed by atoms with E-state index < -0.39 is 0 Å². The number of carbonyl (C=O) groups excluding carboxylic acids is 2. The molecule has 0 bridgehead atoms. The summed E-state index contributed by atoms with van der Waals surface area (Å²) >= 11 is 0. The molecule has 164 valence electrons. The van der Waals surface area contributed by atoms with E-state index in [1.165, 1.54) is 25.3 Å². The van der Waals surface area contributed by atoms with Crippen molar-refractivity contribution in [2.24, 2.45) is 0 Å². The molecule has 1 saturated carbocycles. The number of amides is 3. The maximum absolute atomic E-state index is 11.9. The number of carbonyl (C=O) groups is 2. The van der Waals surface area contributed by atoms with Crippen LogP contribution in [-0.2, 0) is 11.4 Å². The monoisotopic (exact) mass is 422 g/mol. The van der Waals surface area contributed by atoms with E-state index in [0.29, 0.717) is 19.7 Å². The van der Waals surface area contributed by atoms with Gasteiger partial charge in [-0.05, 0) is 42.7 Å². The third kappa shape index (κ3) is 8.50. The zero-order valence-electron chi connectivity index (χ0n) is 17.7. The zero-order chi connectivity index (χ0) is 21.7. The Labute approximate surface area is 183 Å². The summed E-state index contributed by atoms with van der Waals surface area (Å²) in [5.41, 5.74) is 1.90. The van der Waals surface area contributed by atoms with Crippen LogP contribution in [-0.4, -0.2) is 36.1 Å². The number of ether oxygens (including phenoxy) is 1. The number of rotatable bonds is 9. The molecule has 3 N–H and O–H groups in total. The second-order valence-electron chi connectivity index (χ2n) is 7.58. The number of nitrogens with zero attached hydrogens (tertiary/aromatic N) is 1. The molecule has 7 nitrogen and oxygen atoms in total. The molecule has 0 unspecified atom stereocenters. The minimum absolute atomic E-state index is 0.164. The molecule has 7 heteroatoms. The van der Waals surface area contributed by atoms with Crippen LogP contribution in [0.25, 0.3) is 6.08 Å². The molecule has 0 aliphatic heterocycles. The van der Waals surface area contributed by atoms with E-state index >= 15 is 0 Å². The van der Waals surface area contributed by atoms with E-state index in [0.717, 1.165) is 29.7 Å². The van der Waals surface area contributed by atoms with Crippen molar-refractivity contribution in [2.75, 3.05) is 13.1 Å². The largest absolute Gasteiger partial charge is 0.489 e. The molecule has 1 fully saturated rings. The average Bonchev–Trinajstić information content (AvgIpc) is 2.81. The Kier molecular flexibility index (Phi) is 8.91. The van der Waals surface area contributed by atoms with Crippen molar-refractivity contribution in [3.63, 3.8) is 0 Å². The van der Waals surface area contributed by atoms with Crippen LogP contribution in [0.3, 0.4) is 0 Å². The zero-order valence-corrected chi connectivity index (χ0v) is 17.7. The van der Waals surface area contributed by atoms with Gasteiger partial charge in [0.05, 0.1) is 0 Å². The number of nitrogens with one attached hydrogen (secondary N) is 3. The van der Waals surface area contributed by atoms with Crippen molar-refractivity contribution in [3.05, 3.63) is 66.0 Å². The molecule has 0 spiro atoms. The van der Waals surface area contributed by atoms with Crippen molar-refractivity contribution in [1.29, 1.82) is 0 Å². The molecule has 2 aromatic rings. The highest BCUT2D eigenvalue weighted by molar-refractivity contribution is 5.91. The van der Waals surface area contributed by atoms with Crippen LogP contribution in [0.15, 0.2) is 54.9 Å².